The molecule has 0 saturated carbocycles. The Morgan fingerprint density at radius 2 is 2.03 bits per heavy atom. The minimum absolute atomic E-state index is 0.00825. The van der Waals surface area contributed by atoms with Crippen LogP contribution in [0.1, 0.15) is 30.6 Å². The van der Waals surface area contributed by atoms with Gasteiger partial charge in [-0.1, -0.05) is 25.2 Å². The van der Waals surface area contributed by atoms with E-state index in [0.717, 1.165) is 12.0 Å². The van der Waals surface area contributed by atoms with Crippen molar-refractivity contribution >= 4 is 28.6 Å². The minimum Gasteiger partial charge on any atom is -0.496 e. The fraction of sp³-hybridized carbons (Fsp3) is 0.391. The SMILES string of the molecule is COc1ccnc2[nH]cc(C(=O)C(=O)N3CCN(C(=O)C4=CC=CC(C)C4)C[C@H]3C)c12. The van der Waals surface area contributed by atoms with Gasteiger partial charge in [0.2, 0.25) is 5.91 Å². The molecule has 1 saturated heterocycles. The Labute approximate surface area is 180 Å². The fourth-order valence-corrected chi connectivity index (χ4v) is 4.27. The number of Topliss-reactive ketones (excluding diaryl/α,β-unsaturated/α-hetero) is 1. The Hall–Kier alpha value is -3.42. The second-order valence-electron chi connectivity index (χ2n) is 8.13. The molecule has 2 aromatic heterocycles. The van der Waals surface area contributed by atoms with Crippen LogP contribution in [0.2, 0.25) is 0 Å². The molecule has 8 heteroatoms. The number of nitrogens with one attached hydrogen (secondary N) is 1. The third-order valence-electron chi connectivity index (χ3n) is 5.92. The number of ketones is 1. The topological polar surface area (TPSA) is 95.6 Å². The standard InChI is InChI=1S/C23H26N4O4/c1-14-5-4-6-16(11-14)22(29)26-9-10-27(15(2)13-26)23(30)20(28)17-12-25-21-19(17)18(31-3)7-8-24-21/h4-8,12,14-15H,9-11,13H2,1-3H3,(H,24,25)/t14?,15-/m1/s1. The van der Waals surface area contributed by atoms with Crippen LogP contribution < -0.4 is 4.74 Å². The Morgan fingerprint density at radius 3 is 2.74 bits per heavy atom. The number of pyridine rings is 1. The van der Waals surface area contributed by atoms with Gasteiger partial charge in [-0.15, -0.1) is 0 Å². The van der Waals surface area contributed by atoms with Crippen LogP contribution >= 0.6 is 0 Å². The molecule has 2 amide bonds. The number of aromatic nitrogens is 2. The van der Waals surface area contributed by atoms with E-state index in [1.54, 1.807) is 22.1 Å². The molecule has 162 valence electrons. The van der Waals surface area contributed by atoms with E-state index in [4.69, 9.17) is 4.74 Å². The molecule has 1 aliphatic heterocycles. The fourth-order valence-electron chi connectivity index (χ4n) is 4.27. The molecular weight excluding hydrogens is 396 g/mol. The normalized spacial score (nSPS) is 21.2. The van der Waals surface area contributed by atoms with E-state index in [0.29, 0.717) is 42.3 Å². The van der Waals surface area contributed by atoms with Gasteiger partial charge < -0.3 is 19.5 Å². The van der Waals surface area contributed by atoms with Crippen LogP contribution in [0.5, 0.6) is 5.75 Å². The average Bonchev–Trinajstić information content (AvgIpc) is 3.22. The van der Waals surface area contributed by atoms with E-state index in [9.17, 15) is 14.4 Å². The van der Waals surface area contributed by atoms with Crippen LogP contribution in [0.4, 0.5) is 0 Å². The largest absolute Gasteiger partial charge is 0.496 e. The number of H-pyrrole nitrogens is 1. The summed E-state index contributed by atoms with van der Waals surface area (Å²) < 4.78 is 5.34. The molecule has 0 aromatic carbocycles. The predicted octanol–water partition coefficient (Wildman–Crippen LogP) is 2.34. The summed E-state index contributed by atoms with van der Waals surface area (Å²) in [5.74, 6) is -0.369. The number of methoxy groups -OCH3 is 1. The van der Waals surface area contributed by atoms with Crippen molar-refractivity contribution in [2.45, 2.75) is 26.3 Å². The number of allylic oxidation sites excluding steroid dienone is 3. The predicted molar refractivity (Wildman–Crippen MR) is 116 cm³/mol. The van der Waals surface area contributed by atoms with E-state index in [2.05, 4.69) is 23.0 Å². The minimum atomic E-state index is -0.613. The van der Waals surface area contributed by atoms with Crippen molar-refractivity contribution in [3.05, 3.63) is 47.8 Å². The molecule has 1 aliphatic carbocycles. The molecule has 3 heterocycles. The molecule has 4 rings (SSSR count). The maximum Gasteiger partial charge on any atom is 0.295 e. The lowest BCUT2D eigenvalue weighted by atomic mass is 9.95. The van der Waals surface area contributed by atoms with Gasteiger partial charge in [0, 0.05) is 43.6 Å². The summed E-state index contributed by atoms with van der Waals surface area (Å²) in [4.78, 5) is 49.4. The third kappa shape index (κ3) is 3.85. The molecule has 0 bridgehead atoms. The van der Waals surface area contributed by atoms with Gasteiger partial charge in [-0.25, -0.2) is 4.98 Å². The summed E-state index contributed by atoms with van der Waals surface area (Å²) in [5, 5.41) is 0.497. The van der Waals surface area contributed by atoms with Gasteiger partial charge in [0.1, 0.15) is 11.4 Å². The first kappa shape index (κ1) is 20.8. The number of ether oxygens (including phenoxy) is 1. The van der Waals surface area contributed by atoms with Crippen molar-refractivity contribution in [3.63, 3.8) is 0 Å². The second kappa shape index (κ2) is 8.37. The van der Waals surface area contributed by atoms with E-state index in [1.807, 2.05) is 19.1 Å². The number of aromatic amines is 1. The van der Waals surface area contributed by atoms with Gasteiger partial charge in [0.15, 0.2) is 0 Å². The third-order valence-corrected chi connectivity index (χ3v) is 5.92. The lowest BCUT2D eigenvalue weighted by molar-refractivity contribution is -0.137. The molecule has 1 unspecified atom stereocenters. The molecule has 2 atom stereocenters. The molecular formula is C23H26N4O4. The summed E-state index contributed by atoms with van der Waals surface area (Å²) in [6.07, 6.45) is 9.66. The zero-order valence-corrected chi connectivity index (χ0v) is 17.9. The van der Waals surface area contributed by atoms with Crippen molar-refractivity contribution in [2.75, 3.05) is 26.7 Å². The lowest BCUT2D eigenvalue weighted by Crippen LogP contribution is -2.57. The van der Waals surface area contributed by atoms with Gasteiger partial charge in [0.25, 0.3) is 11.7 Å². The molecule has 1 N–H and O–H groups in total. The molecule has 0 radical (unpaired) electrons. The number of nitrogens with zero attached hydrogens (tertiary/aromatic N) is 3. The lowest BCUT2D eigenvalue weighted by Gasteiger charge is -2.40. The first-order chi connectivity index (χ1) is 14.9. The maximum absolute atomic E-state index is 13.0. The number of fused-ring (bicyclic) bond motifs is 1. The van der Waals surface area contributed by atoms with Crippen LogP contribution in [0.25, 0.3) is 11.0 Å². The highest BCUT2D eigenvalue weighted by Gasteiger charge is 2.35. The van der Waals surface area contributed by atoms with Crippen molar-refractivity contribution < 1.29 is 19.1 Å². The van der Waals surface area contributed by atoms with E-state index >= 15 is 0 Å². The number of amides is 2. The number of carbonyl (C=O) groups is 3. The highest BCUT2D eigenvalue weighted by Crippen LogP contribution is 2.28. The number of piperazine rings is 1. The number of hydrogen-bond donors (Lipinski definition) is 1. The Morgan fingerprint density at radius 1 is 1.23 bits per heavy atom. The molecule has 0 spiro atoms. The molecule has 2 aromatic rings. The van der Waals surface area contributed by atoms with E-state index in [-0.39, 0.29) is 17.5 Å². The molecule has 1 fully saturated rings. The first-order valence-electron chi connectivity index (χ1n) is 10.4. The summed E-state index contributed by atoms with van der Waals surface area (Å²) in [6, 6.07) is 1.39. The first-order valence-corrected chi connectivity index (χ1v) is 10.4. The zero-order chi connectivity index (χ0) is 22.1. The number of carbonyl (C=O) groups excluding carboxylic acids is 3. The number of rotatable bonds is 4. The van der Waals surface area contributed by atoms with Crippen molar-refractivity contribution in [3.8, 4) is 5.75 Å². The second-order valence-corrected chi connectivity index (χ2v) is 8.13. The smallest absolute Gasteiger partial charge is 0.295 e. The van der Waals surface area contributed by atoms with Crippen molar-refractivity contribution in [2.24, 2.45) is 5.92 Å². The Balaban J connectivity index is 1.48. The van der Waals surface area contributed by atoms with E-state index < -0.39 is 11.7 Å². The molecule has 2 aliphatic rings. The average molecular weight is 422 g/mol. The Kier molecular flexibility index (Phi) is 5.63. The maximum atomic E-state index is 13.0. The summed E-state index contributed by atoms with van der Waals surface area (Å²) in [7, 11) is 1.51. The highest BCUT2D eigenvalue weighted by atomic mass is 16.5. The van der Waals surface area contributed by atoms with Crippen LogP contribution in [-0.2, 0) is 9.59 Å². The van der Waals surface area contributed by atoms with Crippen LogP contribution in [-0.4, -0.2) is 70.2 Å². The Bertz CT molecular complexity index is 1100. The highest BCUT2D eigenvalue weighted by molar-refractivity contribution is 6.45. The van der Waals surface area contributed by atoms with Crippen LogP contribution in [0.3, 0.4) is 0 Å². The van der Waals surface area contributed by atoms with Gasteiger partial charge in [-0.3, -0.25) is 14.4 Å². The summed E-state index contributed by atoms with van der Waals surface area (Å²) in [5.41, 5.74) is 1.52. The summed E-state index contributed by atoms with van der Waals surface area (Å²) in [6.45, 7) is 5.05. The van der Waals surface area contributed by atoms with Crippen LogP contribution in [0, 0.1) is 5.92 Å². The van der Waals surface area contributed by atoms with Crippen molar-refractivity contribution in [1.29, 1.82) is 0 Å². The van der Waals surface area contributed by atoms with Crippen molar-refractivity contribution in [1.82, 2.24) is 19.8 Å². The van der Waals surface area contributed by atoms with Gasteiger partial charge in [-0.05, 0) is 25.3 Å². The monoisotopic (exact) mass is 422 g/mol. The zero-order valence-electron chi connectivity index (χ0n) is 17.9. The number of hydrogen-bond acceptors (Lipinski definition) is 5. The quantitative estimate of drug-likeness (QED) is 0.603. The summed E-state index contributed by atoms with van der Waals surface area (Å²) >= 11 is 0. The molecule has 8 nitrogen and oxygen atoms in total. The van der Waals surface area contributed by atoms with E-state index in [1.165, 1.54) is 13.3 Å². The van der Waals surface area contributed by atoms with Gasteiger partial charge in [-0.2, -0.15) is 0 Å². The van der Waals surface area contributed by atoms with Crippen LogP contribution in [0.15, 0.2) is 42.3 Å². The van der Waals surface area contributed by atoms with Gasteiger partial charge in [0.05, 0.1) is 18.1 Å². The van der Waals surface area contributed by atoms with Gasteiger partial charge >= 0.3 is 0 Å². The molecule has 31 heavy (non-hydrogen) atoms.